The van der Waals surface area contributed by atoms with Gasteiger partial charge in [0.15, 0.2) is 0 Å². The number of benzene rings is 1. The molecule has 1 saturated heterocycles. The third-order valence-electron chi connectivity index (χ3n) is 2.90. The van der Waals surface area contributed by atoms with Crippen molar-refractivity contribution in [1.29, 1.82) is 0 Å². The summed E-state index contributed by atoms with van der Waals surface area (Å²) in [6, 6.07) is 4.13. The van der Waals surface area contributed by atoms with Gasteiger partial charge in [0.1, 0.15) is 6.04 Å². The number of ether oxygens (including phenoxy) is 1. The third-order valence-corrected chi connectivity index (χ3v) is 3.46. The molecule has 2 rings (SSSR count). The summed E-state index contributed by atoms with van der Waals surface area (Å²) in [6.45, 7) is 2.23. The second-order valence-electron chi connectivity index (χ2n) is 4.05. The van der Waals surface area contributed by atoms with Gasteiger partial charge in [0.05, 0.1) is 13.2 Å². The van der Waals surface area contributed by atoms with Crippen molar-refractivity contribution in [1.82, 2.24) is 4.90 Å². The van der Waals surface area contributed by atoms with Crippen LogP contribution in [0.25, 0.3) is 0 Å². The number of hydrogen-bond acceptors (Lipinski definition) is 3. The summed E-state index contributed by atoms with van der Waals surface area (Å²) in [6.07, 6.45) is 0. The van der Waals surface area contributed by atoms with E-state index in [1.54, 1.807) is 18.2 Å². The molecule has 1 aromatic carbocycles. The SMILES string of the molecule is Cl.O=C(O)C(c1ccc(Cl)cc1Cl)N1CCOCC1. The first-order valence-corrected chi connectivity index (χ1v) is 6.35. The number of carboxylic acids is 1. The molecular formula is C12H14Cl3NO3. The molecule has 1 N–H and O–H groups in total. The molecule has 106 valence electrons. The first-order chi connectivity index (χ1) is 8.59. The summed E-state index contributed by atoms with van der Waals surface area (Å²) in [5.41, 5.74) is 0.565. The van der Waals surface area contributed by atoms with E-state index in [0.29, 0.717) is 41.9 Å². The maximum absolute atomic E-state index is 11.5. The van der Waals surface area contributed by atoms with Crippen LogP contribution in [0.5, 0.6) is 0 Å². The number of carbonyl (C=O) groups is 1. The van der Waals surface area contributed by atoms with E-state index in [4.69, 9.17) is 27.9 Å². The average molecular weight is 327 g/mol. The predicted octanol–water partition coefficient (Wildman–Crippen LogP) is 2.87. The molecular weight excluding hydrogens is 312 g/mol. The average Bonchev–Trinajstić information content (AvgIpc) is 2.33. The number of aliphatic carboxylic acids is 1. The van der Waals surface area contributed by atoms with Crippen LogP contribution in [0.1, 0.15) is 11.6 Å². The summed E-state index contributed by atoms with van der Waals surface area (Å²) in [7, 11) is 0. The number of carboxylic acid groups (broad SMARTS) is 1. The molecule has 0 saturated carbocycles. The Morgan fingerprint density at radius 3 is 2.47 bits per heavy atom. The molecule has 0 aromatic heterocycles. The Morgan fingerprint density at radius 1 is 1.32 bits per heavy atom. The monoisotopic (exact) mass is 325 g/mol. The van der Waals surface area contributed by atoms with Crippen LogP contribution in [0.4, 0.5) is 0 Å². The van der Waals surface area contributed by atoms with Crippen molar-refractivity contribution in [2.45, 2.75) is 6.04 Å². The van der Waals surface area contributed by atoms with E-state index in [0.717, 1.165) is 0 Å². The molecule has 1 aromatic rings. The lowest BCUT2D eigenvalue weighted by Crippen LogP contribution is -2.42. The molecule has 0 bridgehead atoms. The van der Waals surface area contributed by atoms with Crippen LogP contribution in [0, 0.1) is 0 Å². The lowest BCUT2D eigenvalue weighted by molar-refractivity contribution is -0.145. The largest absolute Gasteiger partial charge is 0.480 e. The Balaban J connectivity index is 0.00000180. The van der Waals surface area contributed by atoms with Gasteiger partial charge < -0.3 is 9.84 Å². The Kier molecular flexibility index (Phi) is 6.36. The zero-order valence-corrected chi connectivity index (χ0v) is 12.3. The first-order valence-electron chi connectivity index (χ1n) is 5.59. The Morgan fingerprint density at radius 2 is 1.95 bits per heavy atom. The number of nitrogens with zero attached hydrogens (tertiary/aromatic N) is 1. The minimum absolute atomic E-state index is 0. The highest BCUT2D eigenvalue weighted by molar-refractivity contribution is 6.35. The highest BCUT2D eigenvalue weighted by Crippen LogP contribution is 2.30. The van der Waals surface area contributed by atoms with E-state index in [2.05, 4.69) is 0 Å². The molecule has 1 aliphatic heterocycles. The molecule has 1 aliphatic rings. The van der Waals surface area contributed by atoms with Crippen molar-refractivity contribution in [3.05, 3.63) is 33.8 Å². The lowest BCUT2D eigenvalue weighted by Gasteiger charge is -2.32. The van der Waals surface area contributed by atoms with Crippen molar-refractivity contribution in [3.63, 3.8) is 0 Å². The zero-order valence-electron chi connectivity index (χ0n) is 10.0. The number of halogens is 3. The van der Waals surface area contributed by atoms with Crippen molar-refractivity contribution in [3.8, 4) is 0 Å². The molecule has 0 amide bonds. The van der Waals surface area contributed by atoms with Gasteiger partial charge in [-0.05, 0) is 17.7 Å². The molecule has 0 radical (unpaired) electrons. The third kappa shape index (κ3) is 3.97. The van der Waals surface area contributed by atoms with Crippen molar-refractivity contribution >= 4 is 41.6 Å². The van der Waals surface area contributed by atoms with Crippen LogP contribution in [-0.2, 0) is 9.53 Å². The van der Waals surface area contributed by atoms with E-state index >= 15 is 0 Å². The Labute approximate surface area is 127 Å². The van der Waals surface area contributed by atoms with Gasteiger partial charge in [-0.3, -0.25) is 9.69 Å². The Bertz CT molecular complexity index is 450. The second-order valence-corrected chi connectivity index (χ2v) is 4.90. The summed E-state index contributed by atoms with van der Waals surface area (Å²) in [4.78, 5) is 13.3. The van der Waals surface area contributed by atoms with E-state index < -0.39 is 12.0 Å². The fourth-order valence-electron chi connectivity index (χ4n) is 2.04. The second kappa shape index (κ2) is 7.31. The quantitative estimate of drug-likeness (QED) is 0.928. The van der Waals surface area contributed by atoms with Crippen LogP contribution >= 0.6 is 35.6 Å². The van der Waals surface area contributed by atoms with E-state index in [1.165, 1.54) is 0 Å². The van der Waals surface area contributed by atoms with Crippen molar-refractivity contribution in [2.24, 2.45) is 0 Å². The Hall–Kier alpha value is -0.520. The maximum atomic E-state index is 11.5. The van der Waals surface area contributed by atoms with Crippen molar-refractivity contribution in [2.75, 3.05) is 26.3 Å². The van der Waals surface area contributed by atoms with E-state index in [1.807, 2.05) is 4.90 Å². The van der Waals surface area contributed by atoms with Gasteiger partial charge >= 0.3 is 5.97 Å². The van der Waals surface area contributed by atoms with Gasteiger partial charge in [-0.2, -0.15) is 0 Å². The summed E-state index contributed by atoms with van der Waals surface area (Å²) < 4.78 is 5.23. The lowest BCUT2D eigenvalue weighted by atomic mass is 10.0. The molecule has 7 heteroatoms. The molecule has 19 heavy (non-hydrogen) atoms. The van der Waals surface area contributed by atoms with Crippen LogP contribution in [0.3, 0.4) is 0 Å². The molecule has 1 fully saturated rings. The first kappa shape index (κ1) is 16.5. The van der Waals surface area contributed by atoms with Crippen LogP contribution in [0.2, 0.25) is 10.0 Å². The van der Waals surface area contributed by atoms with Crippen molar-refractivity contribution < 1.29 is 14.6 Å². The van der Waals surface area contributed by atoms with Gasteiger partial charge in [-0.15, -0.1) is 12.4 Å². The number of morpholine rings is 1. The minimum atomic E-state index is -0.916. The predicted molar refractivity (Wildman–Crippen MR) is 76.5 cm³/mol. The zero-order chi connectivity index (χ0) is 13.1. The van der Waals surface area contributed by atoms with Crippen LogP contribution in [-0.4, -0.2) is 42.3 Å². The highest BCUT2D eigenvalue weighted by Gasteiger charge is 2.30. The molecule has 0 spiro atoms. The number of hydrogen-bond donors (Lipinski definition) is 1. The molecule has 1 unspecified atom stereocenters. The fraction of sp³-hybridized carbons (Fsp3) is 0.417. The fourth-order valence-corrected chi connectivity index (χ4v) is 2.56. The van der Waals surface area contributed by atoms with Gasteiger partial charge in [-0.25, -0.2) is 0 Å². The molecule has 0 aliphatic carbocycles. The summed E-state index contributed by atoms with van der Waals surface area (Å²) in [5.74, 6) is -0.916. The maximum Gasteiger partial charge on any atom is 0.325 e. The normalized spacial score (nSPS) is 17.6. The van der Waals surface area contributed by atoms with Gasteiger partial charge in [0.2, 0.25) is 0 Å². The van der Waals surface area contributed by atoms with E-state index in [-0.39, 0.29) is 12.4 Å². The highest BCUT2D eigenvalue weighted by atomic mass is 35.5. The van der Waals surface area contributed by atoms with Gasteiger partial charge in [-0.1, -0.05) is 29.3 Å². The van der Waals surface area contributed by atoms with Gasteiger partial charge in [0.25, 0.3) is 0 Å². The molecule has 4 nitrogen and oxygen atoms in total. The smallest absolute Gasteiger partial charge is 0.325 e. The van der Waals surface area contributed by atoms with E-state index in [9.17, 15) is 9.90 Å². The molecule has 1 atom stereocenters. The summed E-state index contributed by atoms with van der Waals surface area (Å²) in [5, 5.41) is 10.3. The van der Waals surface area contributed by atoms with Gasteiger partial charge in [0, 0.05) is 23.1 Å². The van der Waals surface area contributed by atoms with Crippen LogP contribution < -0.4 is 0 Å². The number of rotatable bonds is 3. The molecule has 1 heterocycles. The minimum Gasteiger partial charge on any atom is -0.480 e. The van der Waals surface area contributed by atoms with Crippen LogP contribution in [0.15, 0.2) is 18.2 Å². The summed E-state index contributed by atoms with van der Waals surface area (Å²) >= 11 is 11.9. The topological polar surface area (TPSA) is 49.8 Å². The standard InChI is InChI=1S/C12H13Cl2NO3.ClH/c13-8-1-2-9(10(14)7-8)11(12(16)17)15-3-5-18-6-4-15;/h1-2,7,11H,3-6H2,(H,16,17);1H.